The maximum absolute atomic E-state index is 12.6. The number of ether oxygens (including phenoxy) is 1. The largest absolute Gasteiger partial charge is 0.464 e. The minimum absolute atomic E-state index is 0.0316. The molecule has 1 heterocycles. The molecule has 0 fully saturated rings. The van der Waals surface area contributed by atoms with Gasteiger partial charge in [0.15, 0.2) is 5.69 Å². The van der Waals surface area contributed by atoms with Crippen molar-refractivity contribution in [3.63, 3.8) is 0 Å². The molecular formula is C13H11F2N3O3. The smallest absolute Gasteiger partial charge is 0.358 e. The Balaban J connectivity index is 2.21. The average molecular weight is 295 g/mol. The van der Waals surface area contributed by atoms with Crippen LogP contribution in [0.4, 0.5) is 14.5 Å². The Morgan fingerprint density at radius 2 is 2.14 bits per heavy atom. The van der Waals surface area contributed by atoms with Gasteiger partial charge in [0.05, 0.1) is 19.0 Å². The number of hydrogen-bond acceptors (Lipinski definition) is 4. The standard InChI is InChI=1S/C13H11F2N3O3/c1-21-13(20)10-9(6-16-18-10)17-12(19)8-4-2-3-7(5-8)11(14)15/h2-6,11H,1H3,(H,16,18)(H,17,19). The van der Waals surface area contributed by atoms with Crippen LogP contribution in [0.2, 0.25) is 0 Å². The van der Waals surface area contributed by atoms with Gasteiger partial charge in [0, 0.05) is 11.1 Å². The molecule has 1 amide bonds. The number of benzene rings is 1. The highest BCUT2D eigenvalue weighted by Gasteiger charge is 2.17. The zero-order chi connectivity index (χ0) is 15.4. The third-order valence-corrected chi connectivity index (χ3v) is 2.68. The molecule has 0 spiro atoms. The minimum Gasteiger partial charge on any atom is -0.464 e. The second-order valence-corrected chi connectivity index (χ2v) is 4.03. The molecule has 0 saturated carbocycles. The summed E-state index contributed by atoms with van der Waals surface area (Å²) in [7, 11) is 1.18. The van der Waals surface area contributed by atoms with Gasteiger partial charge in [-0.1, -0.05) is 12.1 Å². The molecule has 0 saturated heterocycles. The number of nitrogens with zero attached hydrogens (tertiary/aromatic N) is 1. The van der Waals surface area contributed by atoms with E-state index in [9.17, 15) is 18.4 Å². The van der Waals surface area contributed by atoms with Crippen LogP contribution in [0.15, 0.2) is 30.5 Å². The number of carbonyl (C=O) groups is 2. The number of H-pyrrole nitrogens is 1. The highest BCUT2D eigenvalue weighted by atomic mass is 19.3. The first-order chi connectivity index (χ1) is 10.0. The Hall–Kier alpha value is -2.77. The van der Waals surface area contributed by atoms with Gasteiger partial charge in [0.2, 0.25) is 0 Å². The van der Waals surface area contributed by atoms with Crippen molar-refractivity contribution in [3.8, 4) is 0 Å². The van der Waals surface area contributed by atoms with Crippen LogP contribution in [0.1, 0.15) is 32.8 Å². The summed E-state index contributed by atoms with van der Waals surface area (Å²) in [6.07, 6.45) is -1.45. The predicted octanol–water partition coefficient (Wildman–Crippen LogP) is 2.39. The number of amides is 1. The molecule has 2 N–H and O–H groups in total. The van der Waals surface area contributed by atoms with Crippen LogP contribution < -0.4 is 5.32 Å². The van der Waals surface area contributed by atoms with Gasteiger partial charge >= 0.3 is 5.97 Å². The van der Waals surface area contributed by atoms with Crippen LogP contribution in [0, 0.1) is 0 Å². The maximum atomic E-state index is 12.6. The molecule has 0 radical (unpaired) electrons. The number of carbonyl (C=O) groups excluding carboxylic acids is 2. The first-order valence-electron chi connectivity index (χ1n) is 5.84. The normalized spacial score (nSPS) is 10.5. The topological polar surface area (TPSA) is 84.1 Å². The van der Waals surface area contributed by atoms with Crippen molar-refractivity contribution >= 4 is 17.6 Å². The van der Waals surface area contributed by atoms with E-state index in [0.717, 1.165) is 6.07 Å². The lowest BCUT2D eigenvalue weighted by Crippen LogP contribution is -2.15. The molecule has 6 nitrogen and oxygen atoms in total. The summed E-state index contributed by atoms with van der Waals surface area (Å²) in [5.41, 5.74) is -0.141. The van der Waals surface area contributed by atoms with Crippen molar-refractivity contribution in [2.45, 2.75) is 6.43 Å². The van der Waals surface area contributed by atoms with Gasteiger partial charge in [-0.15, -0.1) is 0 Å². The minimum atomic E-state index is -2.67. The van der Waals surface area contributed by atoms with Crippen LogP contribution in [-0.4, -0.2) is 29.2 Å². The number of alkyl halides is 2. The van der Waals surface area contributed by atoms with Crippen molar-refractivity contribution in [2.24, 2.45) is 0 Å². The summed E-state index contributed by atoms with van der Waals surface area (Å²) >= 11 is 0. The molecular weight excluding hydrogens is 284 g/mol. The lowest BCUT2D eigenvalue weighted by molar-refractivity contribution is 0.0595. The third-order valence-electron chi connectivity index (χ3n) is 2.68. The SMILES string of the molecule is COC(=O)c1[nH]ncc1NC(=O)c1cccc(C(F)F)c1. The Morgan fingerprint density at radius 1 is 1.38 bits per heavy atom. The lowest BCUT2D eigenvalue weighted by Gasteiger charge is -2.06. The highest BCUT2D eigenvalue weighted by Crippen LogP contribution is 2.20. The summed E-state index contributed by atoms with van der Waals surface area (Å²) in [6.45, 7) is 0. The number of aromatic nitrogens is 2. The van der Waals surface area contributed by atoms with Crippen molar-refractivity contribution in [1.82, 2.24) is 10.2 Å². The zero-order valence-corrected chi connectivity index (χ0v) is 10.9. The van der Waals surface area contributed by atoms with E-state index >= 15 is 0 Å². The first kappa shape index (κ1) is 14.6. The number of methoxy groups -OCH3 is 1. The van der Waals surface area contributed by atoms with Gasteiger partial charge in [-0.05, 0) is 12.1 Å². The molecule has 0 atom stereocenters. The van der Waals surface area contributed by atoms with E-state index in [1.54, 1.807) is 0 Å². The molecule has 0 aliphatic rings. The fraction of sp³-hybridized carbons (Fsp3) is 0.154. The van der Waals surface area contributed by atoms with Crippen LogP contribution >= 0.6 is 0 Å². The summed E-state index contributed by atoms with van der Waals surface area (Å²) in [6, 6.07) is 5.04. The Kier molecular flexibility index (Phi) is 4.27. The van der Waals surface area contributed by atoms with Gasteiger partial charge in [-0.2, -0.15) is 5.10 Å². The third kappa shape index (κ3) is 3.22. The van der Waals surface area contributed by atoms with E-state index in [1.165, 1.54) is 31.5 Å². The first-order valence-corrected chi connectivity index (χ1v) is 5.84. The maximum Gasteiger partial charge on any atom is 0.358 e. The zero-order valence-electron chi connectivity index (χ0n) is 10.9. The Morgan fingerprint density at radius 3 is 2.81 bits per heavy atom. The number of esters is 1. The number of aromatic amines is 1. The van der Waals surface area contributed by atoms with Gasteiger partial charge in [-0.25, -0.2) is 13.6 Å². The molecule has 0 aliphatic heterocycles. The van der Waals surface area contributed by atoms with Crippen LogP contribution in [-0.2, 0) is 4.74 Å². The molecule has 0 bridgehead atoms. The molecule has 2 aromatic rings. The van der Waals surface area contributed by atoms with E-state index < -0.39 is 18.3 Å². The van der Waals surface area contributed by atoms with E-state index in [2.05, 4.69) is 20.3 Å². The molecule has 1 aromatic carbocycles. The number of hydrogen-bond donors (Lipinski definition) is 2. The molecule has 21 heavy (non-hydrogen) atoms. The van der Waals surface area contributed by atoms with E-state index in [4.69, 9.17) is 0 Å². The monoisotopic (exact) mass is 295 g/mol. The Bertz CT molecular complexity index is 670. The molecule has 8 heteroatoms. The lowest BCUT2D eigenvalue weighted by atomic mass is 10.1. The van der Waals surface area contributed by atoms with Crippen molar-refractivity contribution in [3.05, 3.63) is 47.3 Å². The van der Waals surface area contributed by atoms with Crippen molar-refractivity contribution in [1.29, 1.82) is 0 Å². The molecule has 0 aliphatic carbocycles. The van der Waals surface area contributed by atoms with Crippen LogP contribution in [0.3, 0.4) is 0 Å². The van der Waals surface area contributed by atoms with E-state index in [1.807, 2.05) is 0 Å². The molecule has 1 aromatic heterocycles. The summed E-state index contributed by atoms with van der Waals surface area (Å²) in [5, 5.41) is 8.42. The summed E-state index contributed by atoms with van der Waals surface area (Å²) < 4.78 is 29.7. The highest BCUT2D eigenvalue weighted by molar-refractivity contribution is 6.07. The number of halogens is 2. The number of nitrogens with one attached hydrogen (secondary N) is 2. The van der Waals surface area contributed by atoms with Crippen molar-refractivity contribution < 1.29 is 23.1 Å². The second kappa shape index (κ2) is 6.12. The quantitative estimate of drug-likeness (QED) is 0.848. The summed E-state index contributed by atoms with van der Waals surface area (Å²) in [4.78, 5) is 23.4. The number of rotatable bonds is 4. The number of anilines is 1. The van der Waals surface area contributed by atoms with E-state index in [0.29, 0.717) is 0 Å². The van der Waals surface area contributed by atoms with Gasteiger partial charge in [0.1, 0.15) is 0 Å². The van der Waals surface area contributed by atoms with E-state index in [-0.39, 0.29) is 22.5 Å². The van der Waals surface area contributed by atoms with Crippen molar-refractivity contribution in [2.75, 3.05) is 12.4 Å². The van der Waals surface area contributed by atoms with Gasteiger partial charge in [-0.3, -0.25) is 9.89 Å². The average Bonchev–Trinajstić information content (AvgIpc) is 2.94. The molecule has 0 unspecified atom stereocenters. The van der Waals surface area contributed by atoms with Gasteiger partial charge < -0.3 is 10.1 Å². The Labute approximate surface area is 118 Å². The predicted molar refractivity (Wildman–Crippen MR) is 69.3 cm³/mol. The van der Waals surface area contributed by atoms with Crippen LogP contribution in [0.5, 0.6) is 0 Å². The summed E-state index contributed by atoms with van der Waals surface area (Å²) in [5.74, 6) is -1.34. The fourth-order valence-corrected chi connectivity index (χ4v) is 1.65. The van der Waals surface area contributed by atoms with Gasteiger partial charge in [0.25, 0.3) is 12.3 Å². The second-order valence-electron chi connectivity index (χ2n) is 4.03. The molecule has 2 rings (SSSR count). The molecule has 110 valence electrons. The van der Waals surface area contributed by atoms with Crippen LogP contribution in [0.25, 0.3) is 0 Å². The fourth-order valence-electron chi connectivity index (χ4n) is 1.65.